The number of fused-ring (bicyclic) bond motifs is 1. The van der Waals surface area contributed by atoms with E-state index >= 15 is 0 Å². The topological polar surface area (TPSA) is 78.5 Å². The number of nitrogens with zero attached hydrogens (tertiary/aromatic N) is 2. The number of aryl methyl sites for hydroxylation is 1. The van der Waals surface area contributed by atoms with Crippen LogP contribution in [0, 0.1) is 0 Å². The number of morpholine rings is 1. The molecule has 1 unspecified atom stereocenters. The number of imidazole rings is 1. The average molecular weight is 289 g/mol. The SMILES string of the molecule is O=C(CCc1nc2ccccc2[nH]1)N1CCOC(CO)C1. The van der Waals surface area contributed by atoms with Crippen LogP contribution in [0.2, 0.25) is 0 Å². The van der Waals surface area contributed by atoms with Gasteiger partial charge in [-0.1, -0.05) is 12.1 Å². The molecule has 0 aliphatic carbocycles. The average Bonchev–Trinajstić information content (AvgIpc) is 2.95. The van der Waals surface area contributed by atoms with Gasteiger partial charge >= 0.3 is 0 Å². The Balaban J connectivity index is 1.57. The van der Waals surface area contributed by atoms with Crippen LogP contribution in [-0.4, -0.2) is 58.3 Å². The number of nitrogens with one attached hydrogen (secondary N) is 1. The second-order valence-electron chi connectivity index (χ2n) is 5.22. The summed E-state index contributed by atoms with van der Waals surface area (Å²) >= 11 is 0. The fourth-order valence-corrected chi connectivity index (χ4v) is 2.56. The van der Waals surface area contributed by atoms with E-state index in [9.17, 15) is 4.79 Å². The molecule has 0 radical (unpaired) electrons. The first kappa shape index (κ1) is 14.0. The Morgan fingerprint density at radius 2 is 2.33 bits per heavy atom. The Kier molecular flexibility index (Phi) is 4.17. The first-order chi connectivity index (χ1) is 10.3. The van der Waals surface area contributed by atoms with Crippen molar-refractivity contribution in [2.45, 2.75) is 18.9 Å². The van der Waals surface area contributed by atoms with Crippen molar-refractivity contribution in [3.63, 3.8) is 0 Å². The highest BCUT2D eigenvalue weighted by Crippen LogP contribution is 2.12. The van der Waals surface area contributed by atoms with E-state index in [0.29, 0.717) is 32.5 Å². The molecule has 0 bridgehead atoms. The third-order valence-corrected chi connectivity index (χ3v) is 3.71. The summed E-state index contributed by atoms with van der Waals surface area (Å²) in [6.07, 6.45) is 0.751. The molecule has 6 heteroatoms. The number of aliphatic hydroxyl groups is 1. The number of hydrogen-bond donors (Lipinski definition) is 2. The van der Waals surface area contributed by atoms with Gasteiger partial charge < -0.3 is 19.7 Å². The highest BCUT2D eigenvalue weighted by molar-refractivity contribution is 5.77. The minimum atomic E-state index is -0.256. The van der Waals surface area contributed by atoms with Gasteiger partial charge in [-0.3, -0.25) is 4.79 Å². The molecule has 2 heterocycles. The molecule has 1 aliphatic heterocycles. The molecule has 3 rings (SSSR count). The van der Waals surface area contributed by atoms with Crippen LogP contribution in [0.4, 0.5) is 0 Å². The van der Waals surface area contributed by atoms with Crippen molar-refractivity contribution >= 4 is 16.9 Å². The number of aliphatic hydroxyl groups excluding tert-OH is 1. The maximum Gasteiger partial charge on any atom is 0.223 e. The normalized spacial score (nSPS) is 19.1. The van der Waals surface area contributed by atoms with E-state index in [1.54, 1.807) is 4.90 Å². The summed E-state index contributed by atoms with van der Waals surface area (Å²) in [6.45, 7) is 1.50. The number of carbonyl (C=O) groups is 1. The van der Waals surface area contributed by atoms with E-state index in [2.05, 4.69) is 9.97 Å². The minimum absolute atomic E-state index is 0.0483. The van der Waals surface area contributed by atoms with Gasteiger partial charge in [0.2, 0.25) is 5.91 Å². The number of benzene rings is 1. The number of carbonyl (C=O) groups excluding carboxylic acids is 1. The lowest BCUT2D eigenvalue weighted by molar-refractivity contribution is -0.140. The molecule has 2 N–H and O–H groups in total. The van der Waals surface area contributed by atoms with Gasteiger partial charge in [0.15, 0.2) is 0 Å². The first-order valence-electron chi connectivity index (χ1n) is 7.20. The van der Waals surface area contributed by atoms with Crippen LogP contribution in [-0.2, 0) is 16.0 Å². The molecular weight excluding hydrogens is 270 g/mol. The Morgan fingerprint density at radius 3 is 3.14 bits per heavy atom. The van der Waals surface area contributed by atoms with Gasteiger partial charge in [0.1, 0.15) is 5.82 Å². The maximum atomic E-state index is 12.2. The quantitative estimate of drug-likeness (QED) is 0.869. The van der Waals surface area contributed by atoms with E-state index in [4.69, 9.17) is 9.84 Å². The number of H-pyrrole nitrogens is 1. The van der Waals surface area contributed by atoms with Crippen LogP contribution < -0.4 is 0 Å². The Labute approximate surface area is 122 Å². The van der Waals surface area contributed by atoms with Crippen molar-refractivity contribution in [2.24, 2.45) is 0 Å². The zero-order chi connectivity index (χ0) is 14.7. The van der Waals surface area contributed by atoms with Gasteiger partial charge in [-0.25, -0.2) is 4.98 Å². The standard InChI is InChI=1S/C15H19N3O3/c19-10-11-9-18(7-8-21-11)15(20)6-5-14-16-12-3-1-2-4-13(12)17-14/h1-4,11,19H,5-10H2,(H,16,17). The van der Waals surface area contributed by atoms with Crippen molar-refractivity contribution in [2.75, 3.05) is 26.3 Å². The molecule has 1 aromatic carbocycles. The predicted molar refractivity (Wildman–Crippen MR) is 77.8 cm³/mol. The van der Waals surface area contributed by atoms with Gasteiger partial charge in [-0.2, -0.15) is 0 Å². The number of aromatic nitrogens is 2. The van der Waals surface area contributed by atoms with E-state index in [0.717, 1.165) is 16.9 Å². The Morgan fingerprint density at radius 1 is 1.48 bits per heavy atom. The van der Waals surface area contributed by atoms with Crippen LogP contribution in [0.5, 0.6) is 0 Å². The molecule has 2 aromatic rings. The second kappa shape index (κ2) is 6.24. The summed E-state index contributed by atoms with van der Waals surface area (Å²) in [5.74, 6) is 0.911. The summed E-state index contributed by atoms with van der Waals surface area (Å²) in [7, 11) is 0. The fourth-order valence-electron chi connectivity index (χ4n) is 2.56. The third-order valence-electron chi connectivity index (χ3n) is 3.71. The summed E-state index contributed by atoms with van der Waals surface area (Å²) in [4.78, 5) is 21.6. The first-order valence-corrected chi connectivity index (χ1v) is 7.20. The number of rotatable bonds is 4. The second-order valence-corrected chi connectivity index (χ2v) is 5.22. The fraction of sp³-hybridized carbons (Fsp3) is 0.467. The molecule has 1 saturated heterocycles. The van der Waals surface area contributed by atoms with Gasteiger partial charge in [-0.05, 0) is 12.1 Å². The summed E-state index contributed by atoms with van der Waals surface area (Å²) in [5, 5.41) is 9.10. The smallest absolute Gasteiger partial charge is 0.223 e. The van der Waals surface area contributed by atoms with Crippen LogP contribution in [0.1, 0.15) is 12.2 Å². The number of amides is 1. The molecule has 1 aliphatic rings. The maximum absolute atomic E-state index is 12.2. The molecule has 21 heavy (non-hydrogen) atoms. The third kappa shape index (κ3) is 3.22. The molecule has 1 aromatic heterocycles. The van der Waals surface area contributed by atoms with Crippen molar-refractivity contribution in [3.05, 3.63) is 30.1 Å². The molecular formula is C15H19N3O3. The van der Waals surface area contributed by atoms with Crippen LogP contribution >= 0.6 is 0 Å². The molecule has 6 nitrogen and oxygen atoms in total. The number of ether oxygens (including phenoxy) is 1. The van der Waals surface area contributed by atoms with E-state index < -0.39 is 0 Å². The van der Waals surface area contributed by atoms with E-state index in [-0.39, 0.29) is 18.6 Å². The lowest BCUT2D eigenvalue weighted by Gasteiger charge is -2.32. The largest absolute Gasteiger partial charge is 0.394 e. The van der Waals surface area contributed by atoms with Crippen molar-refractivity contribution in [1.82, 2.24) is 14.9 Å². The molecule has 0 saturated carbocycles. The zero-order valence-electron chi connectivity index (χ0n) is 11.8. The van der Waals surface area contributed by atoms with E-state index in [1.165, 1.54) is 0 Å². The summed E-state index contributed by atoms with van der Waals surface area (Å²) in [5.41, 5.74) is 1.92. The van der Waals surface area contributed by atoms with Crippen LogP contribution in [0.3, 0.4) is 0 Å². The van der Waals surface area contributed by atoms with Gasteiger partial charge in [0.05, 0.1) is 30.4 Å². The van der Waals surface area contributed by atoms with E-state index in [1.807, 2.05) is 24.3 Å². The van der Waals surface area contributed by atoms with Gasteiger partial charge in [-0.15, -0.1) is 0 Å². The Bertz CT molecular complexity index is 592. The van der Waals surface area contributed by atoms with Crippen molar-refractivity contribution < 1.29 is 14.6 Å². The highest BCUT2D eigenvalue weighted by Gasteiger charge is 2.23. The lowest BCUT2D eigenvalue weighted by Crippen LogP contribution is -2.46. The van der Waals surface area contributed by atoms with Gasteiger partial charge in [0.25, 0.3) is 0 Å². The van der Waals surface area contributed by atoms with Crippen molar-refractivity contribution in [1.29, 1.82) is 0 Å². The molecule has 0 spiro atoms. The number of aromatic amines is 1. The number of para-hydroxylation sites is 2. The minimum Gasteiger partial charge on any atom is -0.394 e. The van der Waals surface area contributed by atoms with Crippen LogP contribution in [0.25, 0.3) is 11.0 Å². The van der Waals surface area contributed by atoms with Crippen molar-refractivity contribution in [3.8, 4) is 0 Å². The summed E-state index contributed by atoms with van der Waals surface area (Å²) in [6, 6.07) is 7.82. The number of hydrogen-bond acceptors (Lipinski definition) is 4. The molecule has 1 fully saturated rings. The Hall–Kier alpha value is -1.92. The van der Waals surface area contributed by atoms with Crippen LogP contribution in [0.15, 0.2) is 24.3 Å². The molecule has 1 atom stereocenters. The summed E-state index contributed by atoms with van der Waals surface area (Å²) < 4.78 is 5.35. The predicted octanol–water partition coefficient (Wildman–Crippen LogP) is 0.715. The van der Waals surface area contributed by atoms with Gasteiger partial charge in [0, 0.05) is 25.9 Å². The monoisotopic (exact) mass is 289 g/mol. The molecule has 112 valence electrons. The highest BCUT2D eigenvalue weighted by atomic mass is 16.5. The zero-order valence-corrected chi connectivity index (χ0v) is 11.8. The molecule has 1 amide bonds. The lowest BCUT2D eigenvalue weighted by atomic mass is 10.2.